The average molecular weight is 283 g/mol. The molecule has 19 heavy (non-hydrogen) atoms. The van der Waals surface area contributed by atoms with Gasteiger partial charge in [-0.2, -0.15) is 0 Å². The zero-order chi connectivity index (χ0) is 14.0. The number of carbonyl (C=O) groups excluding carboxylic acids is 1. The van der Waals surface area contributed by atoms with Crippen LogP contribution in [0.15, 0.2) is 30.5 Å². The maximum absolute atomic E-state index is 13.8. The molecule has 0 saturated carbocycles. The molecule has 0 fully saturated rings. The van der Waals surface area contributed by atoms with Crippen molar-refractivity contribution in [1.82, 2.24) is 4.98 Å². The van der Waals surface area contributed by atoms with E-state index in [4.69, 9.17) is 11.6 Å². The van der Waals surface area contributed by atoms with E-state index >= 15 is 0 Å². The van der Waals surface area contributed by atoms with E-state index in [1.165, 1.54) is 25.3 Å². The number of nitrogens with zero attached hydrogens (tertiary/aromatic N) is 1. The zero-order valence-corrected chi connectivity index (χ0v) is 10.6. The molecular formula is C13H9ClF2N2O. The van der Waals surface area contributed by atoms with Crippen LogP contribution in [-0.4, -0.2) is 10.9 Å². The monoisotopic (exact) mass is 282 g/mol. The van der Waals surface area contributed by atoms with E-state index in [1.807, 2.05) is 0 Å². The summed E-state index contributed by atoms with van der Waals surface area (Å²) in [4.78, 5) is 15.6. The fourth-order valence-corrected chi connectivity index (χ4v) is 1.70. The number of hydrogen-bond donors (Lipinski definition) is 1. The molecule has 6 heteroatoms. The van der Waals surface area contributed by atoms with E-state index in [1.54, 1.807) is 6.07 Å². The molecule has 0 spiro atoms. The van der Waals surface area contributed by atoms with E-state index in [0.717, 1.165) is 6.07 Å². The predicted octanol–water partition coefficient (Wildman–Crippen LogP) is 3.57. The molecule has 98 valence electrons. The van der Waals surface area contributed by atoms with Crippen molar-refractivity contribution in [2.75, 3.05) is 5.32 Å². The van der Waals surface area contributed by atoms with Gasteiger partial charge in [-0.1, -0.05) is 17.7 Å². The number of halogens is 3. The summed E-state index contributed by atoms with van der Waals surface area (Å²) >= 11 is 5.75. The van der Waals surface area contributed by atoms with Crippen molar-refractivity contribution in [3.63, 3.8) is 0 Å². The van der Waals surface area contributed by atoms with Crippen LogP contribution in [0.4, 0.5) is 14.5 Å². The van der Waals surface area contributed by atoms with E-state index in [9.17, 15) is 13.6 Å². The number of benzene rings is 1. The second kappa shape index (κ2) is 5.32. The summed E-state index contributed by atoms with van der Waals surface area (Å²) in [6.45, 7) is 1.45. The number of pyridine rings is 1. The van der Waals surface area contributed by atoms with Gasteiger partial charge in [-0.15, -0.1) is 0 Å². The van der Waals surface area contributed by atoms with Gasteiger partial charge in [-0.25, -0.2) is 13.8 Å². The minimum absolute atomic E-state index is 0.0457. The van der Waals surface area contributed by atoms with Gasteiger partial charge in [0, 0.05) is 6.20 Å². The van der Waals surface area contributed by atoms with Crippen LogP contribution in [0.5, 0.6) is 0 Å². The van der Waals surface area contributed by atoms with Crippen LogP contribution in [0.3, 0.4) is 0 Å². The third-order valence-electron chi connectivity index (χ3n) is 2.52. The van der Waals surface area contributed by atoms with Crippen molar-refractivity contribution in [2.45, 2.75) is 6.92 Å². The number of amides is 1. The highest BCUT2D eigenvalue weighted by atomic mass is 35.5. The SMILES string of the molecule is Cc1ccc(F)c(C(=O)Nc2cccnc2Cl)c1F. The van der Waals surface area contributed by atoms with Gasteiger partial charge in [-0.05, 0) is 30.7 Å². The molecule has 0 aliphatic rings. The van der Waals surface area contributed by atoms with Gasteiger partial charge in [0.1, 0.15) is 17.2 Å². The highest BCUT2D eigenvalue weighted by Gasteiger charge is 2.19. The Balaban J connectivity index is 2.36. The second-order valence-corrected chi connectivity index (χ2v) is 4.21. The Hall–Kier alpha value is -2.01. The van der Waals surface area contributed by atoms with E-state index in [2.05, 4.69) is 10.3 Å². The number of carbonyl (C=O) groups is 1. The molecule has 2 rings (SSSR count). The first-order valence-electron chi connectivity index (χ1n) is 5.37. The smallest absolute Gasteiger partial charge is 0.261 e. The summed E-state index contributed by atoms with van der Waals surface area (Å²) in [6, 6.07) is 5.33. The molecule has 1 heterocycles. The molecule has 1 N–H and O–H groups in total. The lowest BCUT2D eigenvalue weighted by Gasteiger charge is -2.09. The topological polar surface area (TPSA) is 42.0 Å². The van der Waals surface area contributed by atoms with Crippen molar-refractivity contribution in [3.8, 4) is 0 Å². The Morgan fingerprint density at radius 3 is 2.74 bits per heavy atom. The summed E-state index contributed by atoms with van der Waals surface area (Å²) in [7, 11) is 0. The van der Waals surface area contributed by atoms with Crippen LogP contribution in [-0.2, 0) is 0 Å². The molecule has 0 aliphatic heterocycles. The second-order valence-electron chi connectivity index (χ2n) is 3.85. The van der Waals surface area contributed by atoms with Gasteiger partial charge >= 0.3 is 0 Å². The summed E-state index contributed by atoms with van der Waals surface area (Å²) in [5.74, 6) is -2.73. The molecule has 0 unspecified atom stereocenters. The van der Waals surface area contributed by atoms with Crippen LogP contribution in [0.25, 0.3) is 0 Å². The molecule has 1 amide bonds. The van der Waals surface area contributed by atoms with Gasteiger partial charge in [0.25, 0.3) is 5.91 Å². The Kier molecular flexibility index (Phi) is 3.76. The molecule has 0 radical (unpaired) electrons. The summed E-state index contributed by atoms with van der Waals surface area (Å²) < 4.78 is 27.3. The van der Waals surface area contributed by atoms with Crippen molar-refractivity contribution in [2.24, 2.45) is 0 Å². The van der Waals surface area contributed by atoms with Gasteiger partial charge in [0.15, 0.2) is 5.15 Å². The maximum atomic E-state index is 13.8. The minimum Gasteiger partial charge on any atom is -0.319 e. The highest BCUT2D eigenvalue weighted by molar-refractivity contribution is 6.32. The fourth-order valence-electron chi connectivity index (χ4n) is 1.53. The lowest BCUT2D eigenvalue weighted by molar-refractivity contribution is 0.101. The first-order valence-corrected chi connectivity index (χ1v) is 5.75. The molecular weight excluding hydrogens is 274 g/mol. The van der Waals surface area contributed by atoms with Crippen molar-refractivity contribution >= 4 is 23.2 Å². The standard InChI is InChI=1S/C13H9ClF2N2O/c1-7-4-5-8(15)10(11(7)16)13(19)18-9-3-2-6-17-12(9)14/h2-6H,1H3,(H,18,19). The summed E-state index contributed by atoms with van der Waals surface area (Å²) in [6.07, 6.45) is 1.44. The van der Waals surface area contributed by atoms with E-state index in [0.29, 0.717) is 0 Å². The molecule has 3 nitrogen and oxygen atoms in total. The first kappa shape index (κ1) is 13.4. The molecule has 1 aromatic heterocycles. The normalized spacial score (nSPS) is 10.3. The van der Waals surface area contributed by atoms with Gasteiger partial charge in [0.05, 0.1) is 5.69 Å². The largest absolute Gasteiger partial charge is 0.319 e. The number of rotatable bonds is 2. The lowest BCUT2D eigenvalue weighted by atomic mass is 10.1. The van der Waals surface area contributed by atoms with Crippen molar-refractivity contribution < 1.29 is 13.6 Å². The maximum Gasteiger partial charge on any atom is 0.261 e. The number of anilines is 1. The molecule has 0 bridgehead atoms. The van der Waals surface area contributed by atoms with E-state index in [-0.39, 0.29) is 16.4 Å². The zero-order valence-electron chi connectivity index (χ0n) is 9.88. The minimum atomic E-state index is -0.930. The molecule has 2 aromatic rings. The number of nitrogens with one attached hydrogen (secondary N) is 1. The predicted molar refractivity (Wildman–Crippen MR) is 68.3 cm³/mol. The van der Waals surface area contributed by atoms with Gasteiger partial charge < -0.3 is 5.32 Å². The summed E-state index contributed by atoms with van der Waals surface area (Å²) in [5, 5.41) is 2.37. The Morgan fingerprint density at radius 2 is 2.05 bits per heavy atom. The van der Waals surface area contributed by atoms with Crippen LogP contribution >= 0.6 is 11.6 Å². The number of aryl methyl sites for hydroxylation is 1. The molecule has 1 aromatic carbocycles. The van der Waals surface area contributed by atoms with Crippen molar-refractivity contribution in [1.29, 1.82) is 0 Å². The van der Waals surface area contributed by atoms with Crippen LogP contribution in [0.2, 0.25) is 5.15 Å². The number of hydrogen-bond acceptors (Lipinski definition) is 2. The van der Waals surface area contributed by atoms with Gasteiger partial charge in [0.2, 0.25) is 0 Å². The van der Waals surface area contributed by atoms with Crippen LogP contribution in [0, 0.1) is 18.6 Å². The van der Waals surface area contributed by atoms with Crippen molar-refractivity contribution in [3.05, 3.63) is 58.4 Å². The highest BCUT2D eigenvalue weighted by Crippen LogP contribution is 2.21. The Morgan fingerprint density at radius 1 is 1.32 bits per heavy atom. The third-order valence-corrected chi connectivity index (χ3v) is 2.82. The average Bonchev–Trinajstić information content (AvgIpc) is 2.37. The van der Waals surface area contributed by atoms with Crippen LogP contribution in [0.1, 0.15) is 15.9 Å². The van der Waals surface area contributed by atoms with Crippen LogP contribution < -0.4 is 5.32 Å². The summed E-state index contributed by atoms with van der Waals surface area (Å²) in [5.41, 5.74) is -0.266. The lowest BCUT2D eigenvalue weighted by Crippen LogP contribution is -2.17. The molecule has 0 aliphatic carbocycles. The molecule has 0 atom stereocenters. The Bertz CT molecular complexity index is 647. The third kappa shape index (κ3) is 2.71. The molecule has 0 saturated heterocycles. The Labute approximate surface area is 113 Å². The first-order chi connectivity index (χ1) is 9.00. The van der Waals surface area contributed by atoms with Gasteiger partial charge in [-0.3, -0.25) is 4.79 Å². The fraction of sp³-hybridized carbons (Fsp3) is 0.0769. The number of aromatic nitrogens is 1. The van der Waals surface area contributed by atoms with E-state index < -0.39 is 23.1 Å². The quantitative estimate of drug-likeness (QED) is 0.856.